The van der Waals surface area contributed by atoms with E-state index < -0.39 is 0 Å². The van der Waals surface area contributed by atoms with Crippen LogP contribution in [0.25, 0.3) is 0 Å². The number of benzene rings is 1. The van der Waals surface area contributed by atoms with E-state index in [4.69, 9.17) is 11.6 Å². The summed E-state index contributed by atoms with van der Waals surface area (Å²) in [4.78, 5) is 0. The summed E-state index contributed by atoms with van der Waals surface area (Å²) in [5.74, 6) is 1.14. The minimum Gasteiger partial charge on any atom is -0.309 e. The monoisotopic (exact) mass is 257 g/mol. The van der Waals surface area contributed by atoms with Crippen molar-refractivity contribution in [1.82, 2.24) is 5.32 Å². The van der Waals surface area contributed by atoms with Crippen molar-refractivity contribution in [3.05, 3.63) is 33.8 Å². The molecule has 0 bridgehead atoms. The Labute approximate surface area is 108 Å². The molecule has 0 saturated carbocycles. The van der Waals surface area contributed by atoms with Gasteiger partial charge < -0.3 is 5.32 Å². The molecule has 16 heavy (non-hydrogen) atoms. The van der Waals surface area contributed by atoms with Gasteiger partial charge in [-0.25, -0.2) is 0 Å². The van der Waals surface area contributed by atoms with Crippen LogP contribution >= 0.6 is 23.4 Å². The molecule has 0 aliphatic heterocycles. The first-order valence-corrected chi connectivity index (χ1v) is 7.29. The second-order valence-electron chi connectivity index (χ2n) is 4.26. The number of hydrogen-bond donors (Lipinski definition) is 1. The molecule has 0 aliphatic carbocycles. The fraction of sp³-hybridized carbons (Fsp3) is 0.538. The van der Waals surface area contributed by atoms with Crippen molar-refractivity contribution in [1.29, 1.82) is 0 Å². The van der Waals surface area contributed by atoms with Crippen molar-refractivity contribution in [3.63, 3.8) is 0 Å². The number of halogens is 1. The van der Waals surface area contributed by atoms with Gasteiger partial charge in [-0.2, -0.15) is 11.8 Å². The van der Waals surface area contributed by atoms with Gasteiger partial charge >= 0.3 is 0 Å². The Morgan fingerprint density at radius 2 is 1.88 bits per heavy atom. The number of hydrogen-bond acceptors (Lipinski definition) is 2. The van der Waals surface area contributed by atoms with Crippen molar-refractivity contribution in [3.8, 4) is 0 Å². The van der Waals surface area contributed by atoms with E-state index in [2.05, 4.69) is 32.3 Å². The quantitative estimate of drug-likeness (QED) is 0.861. The van der Waals surface area contributed by atoms with Crippen LogP contribution in [0, 0.1) is 13.8 Å². The lowest BCUT2D eigenvalue weighted by molar-refractivity contribution is 0.593. The molecule has 0 radical (unpaired) electrons. The molecule has 1 nitrogen and oxygen atoms in total. The van der Waals surface area contributed by atoms with Crippen molar-refractivity contribution >= 4 is 23.4 Å². The first-order chi connectivity index (χ1) is 7.54. The van der Waals surface area contributed by atoms with Crippen molar-refractivity contribution in [2.75, 3.05) is 12.0 Å². The first kappa shape index (κ1) is 13.9. The maximum absolute atomic E-state index is 6.01. The van der Waals surface area contributed by atoms with Crippen LogP contribution in [0.3, 0.4) is 0 Å². The summed E-state index contributed by atoms with van der Waals surface area (Å²) < 4.78 is 0. The lowest BCUT2D eigenvalue weighted by Crippen LogP contribution is -2.28. The normalized spacial score (nSPS) is 12.8. The molecule has 90 valence electrons. The molecule has 0 amide bonds. The zero-order valence-corrected chi connectivity index (χ0v) is 12.0. The Balaban J connectivity index is 2.67. The van der Waals surface area contributed by atoms with Gasteiger partial charge in [0.25, 0.3) is 0 Å². The standard InChI is InChI=1S/C13H20ClNS/c1-9-5-12(14)6-10(2)13(9)7-15-11(3)8-16-4/h5-6,11,15H,7-8H2,1-4H3. The Kier molecular flexibility index (Phi) is 5.67. The van der Waals surface area contributed by atoms with Crippen molar-refractivity contribution < 1.29 is 0 Å². The lowest BCUT2D eigenvalue weighted by Gasteiger charge is -2.16. The van der Waals surface area contributed by atoms with Gasteiger partial charge in [-0.15, -0.1) is 0 Å². The third-order valence-corrected chi connectivity index (χ3v) is 3.76. The van der Waals surface area contributed by atoms with Crippen LogP contribution in [0.15, 0.2) is 12.1 Å². The summed E-state index contributed by atoms with van der Waals surface area (Å²) in [5.41, 5.74) is 3.92. The van der Waals surface area contributed by atoms with E-state index in [0.717, 1.165) is 17.3 Å². The average Bonchev–Trinajstić information content (AvgIpc) is 2.16. The summed E-state index contributed by atoms with van der Waals surface area (Å²) in [5, 5.41) is 4.37. The predicted molar refractivity (Wildman–Crippen MR) is 75.6 cm³/mol. The fourth-order valence-electron chi connectivity index (χ4n) is 1.80. The topological polar surface area (TPSA) is 12.0 Å². The summed E-state index contributed by atoms with van der Waals surface area (Å²) >= 11 is 7.88. The van der Waals surface area contributed by atoms with Gasteiger partial charge in [0.15, 0.2) is 0 Å². The molecular formula is C13H20ClNS. The van der Waals surface area contributed by atoms with Crippen LogP contribution < -0.4 is 5.32 Å². The minimum absolute atomic E-state index is 0.546. The van der Waals surface area contributed by atoms with E-state index in [0.29, 0.717) is 6.04 Å². The summed E-state index contributed by atoms with van der Waals surface area (Å²) in [6.45, 7) is 7.39. The zero-order chi connectivity index (χ0) is 12.1. The van der Waals surface area contributed by atoms with E-state index in [-0.39, 0.29) is 0 Å². The molecule has 0 fully saturated rings. The molecule has 3 heteroatoms. The third-order valence-electron chi connectivity index (χ3n) is 2.70. The smallest absolute Gasteiger partial charge is 0.0411 e. The highest BCUT2D eigenvalue weighted by Gasteiger charge is 2.06. The molecule has 0 aromatic heterocycles. The highest BCUT2D eigenvalue weighted by molar-refractivity contribution is 7.98. The molecule has 1 aromatic carbocycles. The summed E-state index contributed by atoms with van der Waals surface area (Å²) in [7, 11) is 0. The van der Waals surface area contributed by atoms with Gasteiger partial charge in [-0.3, -0.25) is 0 Å². The largest absolute Gasteiger partial charge is 0.309 e. The van der Waals surface area contributed by atoms with E-state index in [1.807, 2.05) is 23.9 Å². The number of nitrogens with one attached hydrogen (secondary N) is 1. The first-order valence-electron chi connectivity index (χ1n) is 5.52. The molecule has 0 spiro atoms. The predicted octanol–water partition coefficient (Wildman–Crippen LogP) is 3.80. The Hall–Kier alpha value is -0.180. The lowest BCUT2D eigenvalue weighted by atomic mass is 10.0. The van der Waals surface area contributed by atoms with Crippen LogP contribution in [-0.4, -0.2) is 18.1 Å². The third kappa shape index (κ3) is 4.00. The van der Waals surface area contributed by atoms with Gasteiger partial charge in [0.1, 0.15) is 0 Å². The molecule has 1 rings (SSSR count). The second-order valence-corrected chi connectivity index (χ2v) is 5.60. The molecular weight excluding hydrogens is 238 g/mol. The van der Waals surface area contributed by atoms with Crippen LogP contribution in [0.4, 0.5) is 0 Å². The van der Waals surface area contributed by atoms with Gasteiger partial charge in [-0.1, -0.05) is 11.6 Å². The second kappa shape index (κ2) is 6.53. The van der Waals surface area contributed by atoms with Crippen LogP contribution in [0.2, 0.25) is 5.02 Å². The van der Waals surface area contributed by atoms with Crippen LogP contribution in [-0.2, 0) is 6.54 Å². The highest BCUT2D eigenvalue weighted by atomic mass is 35.5. The average molecular weight is 258 g/mol. The number of thioether (sulfide) groups is 1. The van der Waals surface area contributed by atoms with Gasteiger partial charge in [0.05, 0.1) is 0 Å². The number of aryl methyl sites for hydroxylation is 2. The van der Waals surface area contributed by atoms with E-state index >= 15 is 0 Å². The van der Waals surface area contributed by atoms with Gasteiger partial charge in [0.2, 0.25) is 0 Å². The van der Waals surface area contributed by atoms with Crippen LogP contribution in [0.1, 0.15) is 23.6 Å². The molecule has 1 unspecified atom stereocenters. The number of rotatable bonds is 5. The van der Waals surface area contributed by atoms with Crippen molar-refractivity contribution in [2.24, 2.45) is 0 Å². The van der Waals surface area contributed by atoms with E-state index in [1.54, 1.807) is 0 Å². The zero-order valence-electron chi connectivity index (χ0n) is 10.4. The fourth-order valence-corrected chi connectivity index (χ4v) is 2.75. The van der Waals surface area contributed by atoms with Gasteiger partial charge in [0, 0.05) is 23.4 Å². The van der Waals surface area contributed by atoms with E-state index in [9.17, 15) is 0 Å². The minimum atomic E-state index is 0.546. The molecule has 0 saturated heterocycles. The Morgan fingerprint density at radius 3 is 2.38 bits per heavy atom. The Morgan fingerprint density at radius 1 is 1.31 bits per heavy atom. The van der Waals surface area contributed by atoms with Gasteiger partial charge in [-0.05, 0) is 55.9 Å². The molecule has 1 atom stereocenters. The highest BCUT2D eigenvalue weighted by Crippen LogP contribution is 2.20. The molecule has 0 heterocycles. The van der Waals surface area contributed by atoms with Crippen LogP contribution in [0.5, 0.6) is 0 Å². The Bertz CT molecular complexity index is 329. The summed E-state index contributed by atoms with van der Waals surface area (Å²) in [6, 6.07) is 4.61. The van der Waals surface area contributed by atoms with E-state index in [1.165, 1.54) is 16.7 Å². The SMILES string of the molecule is CSCC(C)NCc1c(C)cc(Cl)cc1C. The maximum Gasteiger partial charge on any atom is 0.0411 e. The summed E-state index contributed by atoms with van der Waals surface area (Å²) in [6.07, 6.45) is 2.14. The molecule has 1 aromatic rings. The maximum atomic E-state index is 6.01. The molecule has 1 N–H and O–H groups in total. The molecule has 0 aliphatic rings. The van der Waals surface area contributed by atoms with Crippen molar-refractivity contribution in [2.45, 2.75) is 33.4 Å².